The van der Waals surface area contributed by atoms with E-state index in [-0.39, 0.29) is 36.9 Å². The maximum Gasteiger partial charge on any atom is 0.306 e. The van der Waals surface area contributed by atoms with Gasteiger partial charge in [-0.1, -0.05) is 13.8 Å². The molecule has 1 aromatic carbocycles. The molecule has 0 radical (unpaired) electrons. The van der Waals surface area contributed by atoms with E-state index < -0.39 is 39.8 Å². The van der Waals surface area contributed by atoms with Crippen LogP contribution in [-0.4, -0.2) is 78.5 Å². The molecule has 1 aliphatic heterocycles. The van der Waals surface area contributed by atoms with E-state index in [9.17, 15) is 28.0 Å². The fraction of sp³-hybridized carbons (Fsp3) is 0.571. The molecule has 3 N–H and O–H groups in total. The number of carbonyl (C=O) groups excluding carboxylic acids is 2. The van der Waals surface area contributed by atoms with Crippen molar-refractivity contribution in [2.24, 2.45) is 11.8 Å². The number of nitrogens with zero attached hydrogens (tertiary/aromatic N) is 2. The first kappa shape index (κ1) is 26.6. The molecule has 1 fully saturated rings. The summed E-state index contributed by atoms with van der Waals surface area (Å²) in [5.74, 6) is -2.69. The number of sulfonamides is 1. The number of ether oxygens (including phenoxy) is 1. The minimum Gasteiger partial charge on any atom is -0.497 e. The van der Waals surface area contributed by atoms with Crippen molar-refractivity contribution in [3.8, 4) is 5.75 Å². The van der Waals surface area contributed by atoms with Crippen LogP contribution in [0.5, 0.6) is 5.75 Å². The zero-order valence-electron chi connectivity index (χ0n) is 18.9. The number of piperidine rings is 1. The van der Waals surface area contributed by atoms with Crippen LogP contribution in [0.15, 0.2) is 29.2 Å². The molecule has 1 heterocycles. The van der Waals surface area contributed by atoms with E-state index in [2.05, 4.69) is 0 Å². The van der Waals surface area contributed by atoms with Crippen molar-refractivity contribution in [1.82, 2.24) is 14.7 Å². The van der Waals surface area contributed by atoms with Crippen molar-refractivity contribution in [1.29, 1.82) is 0 Å². The standard InChI is InChI=1S/C21H31N3O8S/c1-14(2)19(20(26)22-29)24(33(30,31)17-6-4-16(32-3)5-7-17)13-10-18(25)23-11-8-15(9-12-23)21(27)28/h4-7,14-15,19,29H,8-13H2,1-3H3,(H,22,26)(H,27,28). The van der Waals surface area contributed by atoms with Crippen molar-refractivity contribution in [2.45, 2.75) is 44.0 Å². The van der Waals surface area contributed by atoms with Crippen LogP contribution in [0.3, 0.4) is 0 Å². The van der Waals surface area contributed by atoms with E-state index in [4.69, 9.17) is 9.84 Å². The Labute approximate surface area is 193 Å². The van der Waals surface area contributed by atoms with Gasteiger partial charge in [0, 0.05) is 26.1 Å². The van der Waals surface area contributed by atoms with Crippen LogP contribution in [0.4, 0.5) is 0 Å². The first-order valence-electron chi connectivity index (χ1n) is 10.6. The molecular weight excluding hydrogens is 454 g/mol. The number of hydrogen-bond donors (Lipinski definition) is 3. The maximum absolute atomic E-state index is 13.4. The van der Waals surface area contributed by atoms with Gasteiger partial charge < -0.3 is 14.7 Å². The van der Waals surface area contributed by atoms with Crippen molar-refractivity contribution < 1.29 is 37.9 Å². The van der Waals surface area contributed by atoms with E-state index >= 15 is 0 Å². The molecule has 2 rings (SSSR count). The lowest BCUT2D eigenvalue weighted by Crippen LogP contribution is -2.52. The Morgan fingerprint density at radius 1 is 1.18 bits per heavy atom. The highest BCUT2D eigenvalue weighted by Gasteiger charge is 2.38. The third kappa shape index (κ3) is 6.42. The van der Waals surface area contributed by atoms with Gasteiger partial charge in [-0.3, -0.25) is 19.6 Å². The second-order valence-corrected chi connectivity index (χ2v) is 10.1. The average Bonchev–Trinajstić information content (AvgIpc) is 2.80. The van der Waals surface area contributed by atoms with Gasteiger partial charge in [-0.25, -0.2) is 13.9 Å². The number of methoxy groups -OCH3 is 1. The van der Waals surface area contributed by atoms with E-state index in [1.165, 1.54) is 41.8 Å². The number of nitrogens with one attached hydrogen (secondary N) is 1. The number of aliphatic carboxylic acids is 1. The summed E-state index contributed by atoms with van der Waals surface area (Å²) < 4.78 is 32.9. The second-order valence-electron chi connectivity index (χ2n) is 8.20. The molecule has 1 atom stereocenters. The summed E-state index contributed by atoms with van der Waals surface area (Å²) >= 11 is 0. The zero-order valence-corrected chi connectivity index (χ0v) is 19.7. The van der Waals surface area contributed by atoms with Crippen LogP contribution in [0, 0.1) is 11.8 Å². The SMILES string of the molecule is COc1ccc(S(=O)(=O)N(CCC(=O)N2CCC(C(=O)O)CC2)C(C(=O)NO)C(C)C)cc1. The third-order valence-electron chi connectivity index (χ3n) is 5.73. The van der Waals surface area contributed by atoms with Crippen LogP contribution < -0.4 is 10.2 Å². The molecule has 12 heteroatoms. The first-order valence-corrected chi connectivity index (χ1v) is 12.1. The van der Waals surface area contributed by atoms with Gasteiger partial charge in [0.2, 0.25) is 15.9 Å². The molecule has 1 saturated heterocycles. The van der Waals surface area contributed by atoms with Gasteiger partial charge >= 0.3 is 5.97 Å². The minimum absolute atomic E-state index is 0.0885. The fourth-order valence-corrected chi connectivity index (χ4v) is 5.58. The molecule has 1 aliphatic rings. The summed E-state index contributed by atoms with van der Waals surface area (Å²) in [5.41, 5.74) is 1.52. The van der Waals surface area contributed by atoms with Gasteiger partial charge in [0.25, 0.3) is 5.91 Å². The van der Waals surface area contributed by atoms with E-state index in [1.807, 2.05) is 0 Å². The van der Waals surface area contributed by atoms with Gasteiger partial charge in [0.1, 0.15) is 11.8 Å². The van der Waals surface area contributed by atoms with Gasteiger partial charge in [-0.2, -0.15) is 4.31 Å². The van der Waals surface area contributed by atoms with Crippen molar-refractivity contribution >= 4 is 27.8 Å². The van der Waals surface area contributed by atoms with Gasteiger partial charge in [0.15, 0.2) is 0 Å². The molecule has 0 aromatic heterocycles. The molecule has 1 aromatic rings. The van der Waals surface area contributed by atoms with E-state index in [0.717, 1.165) is 4.31 Å². The van der Waals surface area contributed by atoms with Gasteiger partial charge in [-0.05, 0) is 43.0 Å². The highest BCUT2D eigenvalue weighted by molar-refractivity contribution is 7.89. The summed E-state index contributed by atoms with van der Waals surface area (Å²) in [4.78, 5) is 37.7. The Hall–Kier alpha value is -2.70. The fourth-order valence-electron chi connectivity index (χ4n) is 3.86. The highest BCUT2D eigenvalue weighted by atomic mass is 32.2. The van der Waals surface area contributed by atoms with Crippen LogP contribution >= 0.6 is 0 Å². The number of hydrogen-bond acceptors (Lipinski definition) is 7. The molecule has 33 heavy (non-hydrogen) atoms. The number of benzene rings is 1. The molecule has 2 amide bonds. The van der Waals surface area contributed by atoms with Crippen molar-refractivity contribution in [2.75, 3.05) is 26.7 Å². The predicted molar refractivity (Wildman–Crippen MR) is 117 cm³/mol. The lowest BCUT2D eigenvalue weighted by Gasteiger charge is -2.33. The van der Waals surface area contributed by atoms with Gasteiger partial charge in [0.05, 0.1) is 17.9 Å². The molecule has 0 bridgehead atoms. The molecular formula is C21H31N3O8S. The summed E-state index contributed by atoms with van der Waals surface area (Å²) in [6, 6.07) is 4.37. The maximum atomic E-state index is 13.4. The largest absolute Gasteiger partial charge is 0.497 e. The molecule has 0 saturated carbocycles. The van der Waals surface area contributed by atoms with Crippen LogP contribution in [0.1, 0.15) is 33.1 Å². The molecule has 0 spiro atoms. The van der Waals surface area contributed by atoms with E-state index in [0.29, 0.717) is 18.6 Å². The minimum atomic E-state index is -4.21. The third-order valence-corrected chi connectivity index (χ3v) is 7.62. The molecule has 0 aliphatic carbocycles. The molecule has 1 unspecified atom stereocenters. The van der Waals surface area contributed by atoms with Crippen molar-refractivity contribution in [3.63, 3.8) is 0 Å². The van der Waals surface area contributed by atoms with Crippen LogP contribution in [0.2, 0.25) is 0 Å². The summed E-state index contributed by atoms with van der Waals surface area (Å²) in [5, 5.41) is 18.3. The quantitative estimate of drug-likeness (QED) is 0.327. The number of carboxylic acids is 1. The lowest BCUT2D eigenvalue weighted by molar-refractivity contribution is -0.145. The normalized spacial score (nSPS) is 16.0. The molecule has 184 valence electrons. The monoisotopic (exact) mass is 485 g/mol. The zero-order chi connectivity index (χ0) is 24.8. The molecule has 11 nitrogen and oxygen atoms in total. The number of likely N-dealkylation sites (tertiary alicyclic amines) is 1. The van der Waals surface area contributed by atoms with Crippen LogP contribution in [-0.2, 0) is 24.4 Å². The Bertz CT molecular complexity index is 941. The Morgan fingerprint density at radius 2 is 1.76 bits per heavy atom. The Morgan fingerprint density at radius 3 is 2.21 bits per heavy atom. The summed E-state index contributed by atoms with van der Waals surface area (Å²) in [6.45, 7) is 3.52. The average molecular weight is 486 g/mol. The number of rotatable bonds is 10. The van der Waals surface area contributed by atoms with Crippen LogP contribution in [0.25, 0.3) is 0 Å². The highest BCUT2D eigenvalue weighted by Crippen LogP contribution is 2.25. The number of carbonyl (C=O) groups is 3. The summed E-state index contributed by atoms with van der Waals surface area (Å²) in [7, 11) is -2.77. The summed E-state index contributed by atoms with van der Waals surface area (Å²) in [6.07, 6.45) is 0.460. The van der Waals surface area contributed by atoms with Gasteiger partial charge in [-0.15, -0.1) is 0 Å². The smallest absolute Gasteiger partial charge is 0.306 e. The topological polar surface area (TPSA) is 154 Å². The van der Waals surface area contributed by atoms with E-state index in [1.54, 1.807) is 13.8 Å². The Kier molecular flexibility index (Phi) is 9.20. The first-order chi connectivity index (χ1) is 15.5. The second kappa shape index (κ2) is 11.4. The number of hydroxylamine groups is 1. The van der Waals surface area contributed by atoms with Crippen molar-refractivity contribution in [3.05, 3.63) is 24.3 Å². The lowest BCUT2D eigenvalue weighted by atomic mass is 9.97. The number of amides is 2. The Balaban J connectivity index is 2.26. The number of carboxylic acid groups (broad SMARTS) is 1. The predicted octanol–water partition coefficient (Wildman–Crippen LogP) is 0.929.